The third-order valence-corrected chi connectivity index (χ3v) is 4.81. The number of hydrogen-bond donors (Lipinski definition) is 1. The summed E-state index contributed by atoms with van der Waals surface area (Å²) in [7, 11) is 0. The second kappa shape index (κ2) is 11.4. The SMILES string of the molecule is CCOc1ccc(OCCC(=O)NC(CN2CCOCC2)c2ccccc2)cc1. The van der Waals surface area contributed by atoms with Crippen LogP contribution in [0.25, 0.3) is 0 Å². The van der Waals surface area contributed by atoms with Crippen LogP contribution in [0.4, 0.5) is 0 Å². The molecule has 6 heteroatoms. The second-order valence-corrected chi connectivity index (χ2v) is 6.95. The number of carbonyl (C=O) groups is 1. The summed E-state index contributed by atoms with van der Waals surface area (Å²) in [6, 6.07) is 17.5. The highest BCUT2D eigenvalue weighted by atomic mass is 16.5. The molecule has 1 atom stereocenters. The van der Waals surface area contributed by atoms with Crippen LogP contribution in [0.1, 0.15) is 24.9 Å². The van der Waals surface area contributed by atoms with Gasteiger partial charge in [-0.15, -0.1) is 0 Å². The molecule has 0 saturated carbocycles. The Kier molecular flexibility index (Phi) is 8.34. The number of amides is 1. The van der Waals surface area contributed by atoms with Crippen LogP contribution in [0.15, 0.2) is 54.6 Å². The smallest absolute Gasteiger partial charge is 0.223 e. The zero-order valence-electron chi connectivity index (χ0n) is 17.0. The Labute approximate surface area is 172 Å². The Balaban J connectivity index is 1.49. The first-order valence-corrected chi connectivity index (χ1v) is 10.2. The van der Waals surface area contributed by atoms with Crippen LogP contribution in [0, 0.1) is 0 Å². The number of rotatable bonds is 10. The van der Waals surface area contributed by atoms with Gasteiger partial charge in [0.15, 0.2) is 0 Å². The molecule has 1 heterocycles. The summed E-state index contributed by atoms with van der Waals surface area (Å²) < 4.78 is 16.6. The Morgan fingerprint density at radius 3 is 2.34 bits per heavy atom. The van der Waals surface area contributed by atoms with Crippen LogP contribution < -0.4 is 14.8 Å². The largest absolute Gasteiger partial charge is 0.494 e. The summed E-state index contributed by atoms with van der Waals surface area (Å²) in [4.78, 5) is 14.9. The molecule has 1 N–H and O–H groups in total. The van der Waals surface area contributed by atoms with E-state index in [-0.39, 0.29) is 11.9 Å². The number of nitrogens with one attached hydrogen (secondary N) is 1. The number of hydrogen-bond acceptors (Lipinski definition) is 5. The van der Waals surface area contributed by atoms with E-state index < -0.39 is 0 Å². The second-order valence-electron chi connectivity index (χ2n) is 6.95. The fourth-order valence-corrected chi connectivity index (χ4v) is 3.29. The predicted octanol–water partition coefficient (Wildman–Crippen LogP) is 3.04. The molecule has 0 spiro atoms. The van der Waals surface area contributed by atoms with Crippen LogP contribution in [0.2, 0.25) is 0 Å². The normalized spacial score (nSPS) is 15.5. The minimum atomic E-state index is -0.0488. The monoisotopic (exact) mass is 398 g/mol. The molecule has 3 rings (SSSR count). The van der Waals surface area contributed by atoms with Gasteiger partial charge in [-0.2, -0.15) is 0 Å². The minimum absolute atomic E-state index is 0.0157. The maximum Gasteiger partial charge on any atom is 0.223 e. The molecule has 156 valence electrons. The summed E-state index contributed by atoms with van der Waals surface area (Å²) in [6.07, 6.45) is 0.305. The number of nitrogens with zero attached hydrogens (tertiary/aromatic N) is 1. The van der Waals surface area contributed by atoms with Crippen molar-refractivity contribution in [1.29, 1.82) is 0 Å². The van der Waals surface area contributed by atoms with E-state index in [1.807, 2.05) is 49.4 Å². The van der Waals surface area contributed by atoms with Crippen molar-refractivity contribution in [2.75, 3.05) is 46.1 Å². The molecule has 1 aliphatic rings. The average Bonchev–Trinajstić information content (AvgIpc) is 2.76. The third kappa shape index (κ3) is 7.07. The van der Waals surface area contributed by atoms with Crippen molar-refractivity contribution in [2.24, 2.45) is 0 Å². The van der Waals surface area contributed by atoms with Crippen molar-refractivity contribution < 1.29 is 19.0 Å². The lowest BCUT2D eigenvalue weighted by Crippen LogP contribution is -2.43. The highest BCUT2D eigenvalue weighted by molar-refractivity contribution is 5.76. The van der Waals surface area contributed by atoms with Gasteiger partial charge in [0, 0.05) is 19.6 Å². The first-order valence-electron chi connectivity index (χ1n) is 10.2. The number of ether oxygens (including phenoxy) is 3. The van der Waals surface area contributed by atoms with Crippen molar-refractivity contribution in [3.63, 3.8) is 0 Å². The lowest BCUT2D eigenvalue weighted by atomic mass is 10.1. The van der Waals surface area contributed by atoms with Crippen molar-refractivity contribution in [3.05, 3.63) is 60.2 Å². The van der Waals surface area contributed by atoms with Crippen molar-refractivity contribution >= 4 is 5.91 Å². The fourth-order valence-electron chi connectivity index (χ4n) is 3.29. The summed E-state index contributed by atoms with van der Waals surface area (Å²) in [5, 5.41) is 3.17. The minimum Gasteiger partial charge on any atom is -0.494 e. The van der Waals surface area contributed by atoms with Crippen LogP contribution in [-0.4, -0.2) is 56.9 Å². The molecule has 2 aromatic carbocycles. The molecule has 1 aliphatic heterocycles. The van der Waals surface area contributed by atoms with Gasteiger partial charge in [0.05, 0.1) is 38.9 Å². The summed E-state index contributed by atoms with van der Waals surface area (Å²) in [6.45, 7) is 6.95. The van der Waals surface area contributed by atoms with Crippen molar-refractivity contribution in [1.82, 2.24) is 10.2 Å². The molecular formula is C23H30N2O4. The highest BCUT2D eigenvalue weighted by Crippen LogP contribution is 2.18. The third-order valence-electron chi connectivity index (χ3n) is 4.81. The molecule has 1 saturated heterocycles. The number of carbonyl (C=O) groups excluding carboxylic acids is 1. The van der Waals surface area contributed by atoms with Gasteiger partial charge in [0.2, 0.25) is 5.91 Å². The lowest BCUT2D eigenvalue weighted by molar-refractivity contribution is -0.122. The molecule has 0 aromatic heterocycles. The van der Waals surface area contributed by atoms with E-state index in [2.05, 4.69) is 22.3 Å². The topological polar surface area (TPSA) is 60.0 Å². The molecular weight excluding hydrogens is 368 g/mol. The van der Waals surface area contributed by atoms with Gasteiger partial charge < -0.3 is 19.5 Å². The van der Waals surface area contributed by atoms with E-state index in [1.165, 1.54) is 0 Å². The molecule has 6 nitrogen and oxygen atoms in total. The van der Waals surface area contributed by atoms with E-state index in [1.54, 1.807) is 0 Å². The molecule has 0 aliphatic carbocycles. The maximum atomic E-state index is 12.5. The van der Waals surface area contributed by atoms with Gasteiger partial charge in [0.1, 0.15) is 11.5 Å². The van der Waals surface area contributed by atoms with Crippen LogP contribution in [0.3, 0.4) is 0 Å². The first kappa shape index (κ1) is 21.1. The van der Waals surface area contributed by atoms with Crippen LogP contribution in [-0.2, 0) is 9.53 Å². The first-order chi connectivity index (χ1) is 14.2. The van der Waals surface area contributed by atoms with Crippen molar-refractivity contribution in [2.45, 2.75) is 19.4 Å². The Morgan fingerprint density at radius 1 is 1.03 bits per heavy atom. The molecule has 1 fully saturated rings. The molecule has 0 bridgehead atoms. The van der Waals surface area contributed by atoms with Gasteiger partial charge in [-0.1, -0.05) is 30.3 Å². The fraction of sp³-hybridized carbons (Fsp3) is 0.435. The molecule has 0 radical (unpaired) electrons. The predicted molar refractivity (Wildman–Crippen MR) is 112 cm³/mol. The zero-order valence-corrected chi connectivity index (χ0v) is 17.0. The standard InChI is InChI=1S/C23H30N2O4/c1-2-28-20-8-10-21(11-9-20)29-15-12-23(26)24-22(19-6-4-3-5-7-19)18-25-13-16-27-17-14-25/h3-11,22H,2,12-18H2,1H3,(H,24,26). The van der Waals surface area contributed by atoms with E-state index in [4.69, 9.17) is 14.2 Å². The van der Waals surface area contributed by atoms with E-state index in [9.17, 15) is 4.79 Å². The number of morpholine rings is 1. The molecule has 1 amide bonds. The van der Waals surface area contributed by atoms with Gasteiger partial charge >= 0.3 is 0 Å². The van der Waals surface area contributed by atoms with Gasteiger partial charge in [0.25, 0.3) is 0 Å². The lowest BCUT2D eigenvalue weighted by Gasteiger charge is -2.31. The van der Waals surface area contributed by atoms with Crippen molar-refractivity contribution in [3.8, 4) is 11.5 Å². The zero-order chi connectivity index (χ0) is 20.3. The van der Waals surface area contributed by atoms with Crippen LogP contribution in [0.5, 0.6) is 11.5 Å². The molecule has 1 unspecified atom stereocenters. The quantitative estimate of drug-likeness (QED) is 0.667. The van der Waals surface area contributed by atoms with E-state index >= 15 is 0 Å². The molecule has 29 heavy (non-hydrogen) atoms. The maximum absolute atomic E-state index is 12.5. The van der Waals surface area contributed by atoms with Gasteiger partial charge in [-0.05, 0) is 36.8 Å². The molecule has 2 aromatic rings. The Morgan fingerprint density at radius 2 is 1.69 bits per heavy atom. The van der Waals surface area contributed by atoms with E-state index in [0.29, 0.717) is 19.6 Å². The summed E-state index contributed by atoms with van der Waals surface area (Å²) >= 11 is 0. The average molecular weight is 399 g/mol. The van der Waals surface area contributed by atoms with E-state index in [0.717, 1.165) is 49.9 Å². The van der Waals surface area contributed by atoms with Gasteiger partial charge in [-0.3, -0.25) is 9.69 Å². The summed E-state index contributed by atoms with van der Waals surface area (Å²) in [5.41, 5.74) is 1.11. The Hall–Kier alpha value is -2.57. The number of benzene rings is 2. The highest BCUT2D eigenvalue weighted by Gasteiger charge is 2.20. The van der Waals surface area contributed by atoms with Crippen LogP contribution >= 0.6 is 0 Å². The summed E-state index contributed by atoms with van der Waals surface area (Å²) in [5.74, 6) is 1.53. The van der Waals surface area contributed by atoms with Gasteiger partial charge in [-0.25, -0.2) is 0 Å². The Bertz CT molecular complexity index is 730.